The van der Waals surface area contributed by atoms with Gasteiger partial charge in [0.2, 0.25) is 0 Å². The molecule has 0 radical (unpaired) electrons. The number of benzene rings is 2. The van der Waals surface area contributed by atoms with Crippen molar-refractivity contribution in [1.82, 2.24) is 0 Å². The van der Waals surface area contributed by atoms with Crippen LogP contribution in [0, 0.1) is 0 Å². The van der Waals surface area contributed by atoms with Gasteiger partial charge in [-0.05, 0) is 11.1 Å². The lowest BCUT2D eigenvalue weighted by Gasteiger charge is -2.25. The van der Waals surface area contributed by atoms with Crippen LogP contribution in [0.2, 0.25) is 0 Å². The number of ether oxygens (including phenoxy) is 3. The van der Waals surface area contributed by atoms with E-state index >= 15 is 0 Å². The Morgan fingerprint density at radius 2 is 1.35 bits per heavy atom. The van der Waals surface area contributed by atoms with Gasteiger partial charge in [0.25, 0.3) is 0 Å². The summed E-state index contributed by atoms with van der Waals surface area (Å²) in [6.07, 6.45) is -4.78. The highest BCUT2D eigenvalue weighted by Gasteiger charge is 2.48. The monoisotopic (exact) mass is 360 g/mol. The molecule has 3 N–H and O–H groups in total. The zero-order valence-electron chi connectivity index (χ0n) is 14.3. The maximum absolute atomic E-state index is 10.2. The average Bonchev–Trinajstić information content (AvgIpc) is 3.01. The Hall–Kier alpha value is -1.80. The van der Waals surface area contributed by atoms with E-state index in [4.69, 9.17) is 14.2 Å². The molecule has 0 spiro atoms. The van der Waals surface area contributed by atoms with Gasteiger partial charge in [0, 0.05) is 0 Å². The van der Waals surface area contributed by atoms with Gasteiger partial charge in [0.15, 0.2) is 6.29 Å². The Bertz CT molecular complexity index is 650. The van der Waals surface area contributed by atoms with Crippen molar-refractivity contribution >= 4 is 0 Å². The van der Waals surface area contributed by atoms with E-state index in [1.807, 2.05) is 60.7 Å². The molecule has 3 rings (SSSR count). The van der Waals surface area contributed by atoms with Gasteiger partial charge in [0.1, 0.15) is 24.4 Å². The lowest BCUT2D eigenvalue weighted by molar-refractivity contribution is -0.160. The molecular weight excluding hydrogens is 336 g/mol. The molecule has 1 heterocycles. The molecule has 0 aliphatic carbocycles. The molecule has 140 valence electrons. The molecule has 0 amide bonds. The van der Waals surface area contributed by atoms with E-state index in [-0.39, 0.29) is 13.2 Å². The van der Waals surface area contributed by atoms with E-state index < -0.39 is 37.3 Å². The second-order valence-electron chi connectivity index (χ2n) is 6.26. The first kappa shape index (κ1) is 19.0. The Labute approximate surface area is 152 Å². The quantitative estimate of drug-likeness (QED) is 0.656. The minimum absolute atomic E-state index is 0.277. The third kappa shape index (κ3) is 4.67. The summed E-state index contributed by atoms with van der Waals surface area (Å²) in [5.41, 5.74) is 1.90. The Balaban J connectivity index is 1.69. The van der Waals surface area contributed by atoms with E-state index in [0.717, 1.165) is 11.1 Å². The summed E-state index contributed by atoms with van der Waals surface area (Å²) in [5, 5.41) is 29.5. The van der Waals surface area contributed by atoms with Gasteiger partial charge in [0.05, 0.1) is 19.8 Å². The fourth-order valence-electron chi connectivity index (χ4n) is 2.98. The molecule has 1 aliphatic heterocycles. The van der Waals surface area contributed by atoms with Gasteiger partial charge < -0.3 is 29.5 Å². The molecule has 1 fully saturated rings. The molecule has 6 heteroatoms. The smallest absolute Gasteiger partial charge is 0.184 e. The van der Waals surface area contributed by atoms with Crippen molar-refractivity contribution < 1.29 is 29.5 Å². The normalized spacial score (nSPS) is 26.7. The first-order valence-corrected chi connectivity index (χ1v) is 8.62. The minimum Gasteiger partial charge on any atom is -0.394 e. The summed E-state index contributed by atoms with van der Waals surface area (Å²) in [5.74, 6) is 0. The van der Waals surface area contributed by atoms with Crippen LogP contribution in [0.5, 0.6) is 0 Å². The fourth-order valence-corrected chi connectivity index (χ4v) is 2.98. The van der Waals surface area contributed by atoms with Crippen LogP contribution in [0.4, 0.5) is 0 Å². The van der Waals surface area contributed by atoms with E-state index in [0.29, 0.717) is 0 Å². The summed E-state index contributed by atoms with van der Waals surface area (Å²) < 4.78 is 17.2. The molecule has 2 aromatic rings. The number of aliphatic hydroxyl groups excluding tert-OH is 3. The first-order chi connectivity index (χ1) is 12.7. The maximum Gasteiger partial charge on any atom is 0.184 e. The van der Waals surface area contributed by atoms with Crippen molar-refractivity contribution in [3.05, 3.63) is 71.8 Å². The zero-order valence-corrected chi connectivity index (χ0v) is 14.3. The van der Waals surface area contributed by atoms with Gasteiger partial charge in [-0.3, -0.25) is 0 Å². The van der Waals surface area contributed by atoms with Crippen LogP contribution >= 0.6 is 0 Å². The second-order valence-corrected chi connectivity index (χ2v) is 6.26. The van der Waals surface area contributed by atoms with Crippen molar-refractivity contribution in [3.8, 4) is 0 Å². The second kappa shape index (κ2) is 9.23. The lowest BCUT2D eigenvalue weighted by Crippen LogP contribution is -2.43. The van der Waals surface area contributed by atoms with Crippen molar-refractivity contribution in [2.24, 2.45) is 0 Å². The van der Waals surface area contributed by atoms with Crippen LogP contribution in [0.25, 0.3) is 0 Å². The van der Waals surface area contributed by atoms with E-state index in [9.17, 15) is 15.3 Å². The fraction of sp³-hybridized carbons (Fsp3) is 0.400. The summed E-state index contributed by atoms with van der Waals surface area (Å²) in [6, 6.07) is 19.1. The largest absolute Gasteiger partial charge is 0.394 e. The highest BCUT2D eigenvalue weighted by atomic mass is 16.7. The highest BCUT2D eigenvalue weighted by molar-refractivity contribution is 5.14. The number of hydrogen-bond donors (Lipinski definition) is 3. The van der Waals surface area contributed by atoms with Gasteiger partial charge in [-0.1, -0.05) is 60.7 Å². The van der Waals surface area contributed by atoms with E-state index in [1.54, 1.807) is 0 Å². The zero-order chi connectivity index (χ0) is 18.4. The molecular formula is C20H24O6. The Morgan fingerprint density at radius 1 is 0.846 bits per heavy atom. The molecule has 0 unspecified atom stereocenters. The van der Waals surface area contributed by atoms with Crippen LogP contribution in [0.1, 0.15) is 11.1 Å². The molecule has 0 bridgehead atoms. The summed E-state index contributed by atoms with van der Waals surface area (Å²) in [7, 11) is 0. The molecule has 0 saturated carbocycles. The molecule has 2 aromatic carbocycles. The third-order valence-electron chi connectivity index (χ3n) is 4.36. The third-order valence-corrected chi connectivity index (χ3v) is 4.36. The Morgan fingerprint density at radius 3 is 1.85 bits per heavy atom. The van der Waals surface area contributed by atoms with Crippen LogP contribution < -0.4 is 0 Å². The van der Waals surface area contributed by atoms with Crippen LogP contribution in [-0.2, 0) is 27.4 Å². The highest BCUT2D eigenvalue weighted by Crippen LogP contribution is 2.29. The van der Waals surface area contributed by atoms with Crippen LogP contribution in [-0.4, -0.2) is 52.6 Å². The first-order valence-electron chi connectivity index (χ1n) is 8.62. The molecule has 1 saturated heterocycles. The standard InChI is InChI=1S/C20H24O6/c21-11-16(22)17-18(24-12-14-7-3-1-4-8-14)19(20(23)26-17)25-13-15-9-5-2-6-10-15/h1-10,16-23H,11-13H2/t16-,17+,18-,19+,20-/m0/s1. The maximum atomic E-state index is 10.2. The number of rotatable bonds is 8. The molecule has 26 heavy (non-hydrogen) atoms. The summed E-state index contributed by atoms with van der Waals surface area (Å²) >= 11 is 0. The summed E-state index contributed by atoms with van der Waals surface area (Å²) in [6.45, 7) is 0.0640. The molecule has 5 atom stereocenters. The van der Waals surface area contributed by atoms with Gasteiger partial charge in [-0.25, -0.2) is 0 Å². The molecule has 6 nitrogen and oxygen atoms in total. The lowest BCUT2D eigenvalue weighted by atomic mass is 10.1. The van der Waals surface area contributed by atoms with Crippen molar-refractivity contribution in [3.63, 3.8) is 0 Å². The van der Waals surface area contributed by atoms with E-state index in [1.165, 1.54) is 0 Å². The van der Waals surface area contributed by atoms with Crippen molar-refractivity contribution in [2.45, 2.75) is 43.9 Å². The van der Waals surface area contributed by atoms with Crippen molar-refractivity contribution in [1.29, 1.82) is 0 Å². The number of hydrogen-bond acceptors (Lipinski definition) is 6. The average molecular weight is 360 g/mol. The van der Waals surface area contributed by atoms with Crippen molar-refractivity contribution in [2.75, 3.05) is 6.61 Å². The van der Waals surface area contributed by atoms with Gasteiger partial charge in [-0.2, -0.15) is 0 Å². The minimum atomic E-state index is -1.24. The number of aliphatic hydroxyl groups is 3. The van der Waals surface area contributed by atoms with Gasteiger partial charge >= 0.3 is 0 Å². The van der Waals surface area contributed by atoms with Crippen LogP contribution in [0.3, 0.4) is 0 Å². The van der Waals surface area contributed by atoms with E-state index in [2.05, 4.69) is 0 Å². The summed E-state index contributed by atoms with van der Waals surface area (Å²) in [4.78, 5) is 0. The predicted molar refractivity (Wildman–Crippen MR) is 94.0 cm³/mol. The molecule has 0 aromatic heterocycles. The van der Waals surface area contributed by atoms with Crippen LogP contribution in [0.15, 0.2) is 60.7 Å². The SMILES string of the molecule is OC[C@H](O)[C@H]1O[C@H](O)[C@H](OCc2ccccc2)[C@H]1OCc1ccccc1. The molecule has 1 aliphatic rings. The predicted octanol–water partition coefficient (Wildman–Crippen LogP) is 1.23. The topological polar surface area (TPSA) is 88.4 Å². The van der Waals surface area contributed by atoms with Gasteiger partial charge in [-0.15, -0.1) is 0 Å². The Kier molecular flexibility index (Phi) is 6.73.